The molecule has 1 aromatic carbocycles. The molecular weight excluding hydrogens is 342 g/mol. The number of benzene rings is 1. The van der Waals surface area contributed by atoms with Gasteiger partial charge in [0.15, 0.2) is 0 Å². The maximum Gasteiger partial charge on any atom is 0.227 e. The Hall–Kier alpha value is -1.87. The first kappa shape index (κ1) is 17.0. The smallest absolute Gasteiger partial charge is 0.227 e. The number of nitriles is 1. The fourth-order valence-electron chi connectivity index (χ4n) is 2.89. The number of nitrogens with zero attached hydrogens (tertiary/aromatic N) is 3. The quantitative estimate of drug-likeness (QED) is 0.841. The summed E-state index contributed by atoms with van der Waals surface area (Å²) in [6, 6.07) is 13.5. The van der Waals surface area contributed by atoms with Gasteiger partial charge in [-0.3, -0.25) is 9.69 Å². The maximum absolute atomic E-state index is 12.4. The molecule has 0 radical (unpaired) electrons. The second kappa shape index (κ2) is 7.80. The van der Waals surface area contributed by atoms with Gasteiger partial charge >= 0.3 is 0 Å². The Morgan fingerprint density at radius 2 is 1.92 bits per heavy atom. The molecule has 1 unspecified atom stereocenters. The SMILES string of the molecule is N#CC(c1cccs1)N1CCN(C(=O)Cc2ccc(Cl)cc2)CC1. The van der Waals surface area contributed by atoms with Gasteiger partial charge in [-0.15, -0.1) is 11.3 Å². The van der Waals surface area contributed by atoms with E-state index in [9.17, 15) is 10.1 Å². The molecule has 1 aliphatic heterocycles. The van der Waals surface area contributed by atoms with Crippen LogP contribution in [-0.2, 0) is 11.2 Å². The third kappa shape index (κ3) is 3.96. The molecular formula is C18H18ClN3OS. The molecule has 0 N–H and O–H groups in total. The first-order valence-electron chi connectivity index (χ1n) is 7.86. The van der Waals surface area contributed by atoms with Crippen LogP contribution >= 0.6 is 22.9 Å². The molecule has 3 rings (SSSR count). The van der Waals surface area contributed by atoms with Crippen molar-refractivity contribution < 1.29 is 4.79 Å². The zero-order chi connectivity index (χ0) is 16.9. The van der Waals surface area contributed by atoms with Crippen LogP contribution in [0, 0.1) is 11.3 Å². The molecule has 6 heteroatoms. The number of carbonyl (C=O) groups excluding carboxylic acids is 1. The van der Waals surface area contributed by atoms with Gasteiger partial charge in [-0.1, -0.05) is 29.8 Å². The van der Waals surface area contributed by atoms with E-state index >= 15 is 0 Å². The van der Waals surface area contributed by atoms with Crippen molar-refractivity contribution >= 4 is 28.8 Å². The van der Waals surface area contributed by atoms with Crippen molar-refractivity contribution in [3.05, 3.63) is 57.2 Å². The normalized spacial score (nSPS) is 16.6. The predicted molar refractivity (Wildman–Crippen MR) is 96.0 cm³/mol. The molecule has 24 heavy (non-hydrogen) atoms. The molecule has 1 saturated heterocycles. The average Bonchev–Trinajstić information content (AvgIpc) is 3.12. The summed E-state index contributed by atoms with van der Waals surface area (Å²) in [5.41, 5.74) is 0.973. The van der Waals surface area contributed by atoms with E-state index < -0.39 is 0 Å². The molecule has 0 spiro atoms. The van der Waals surface area contributed by atoms with E-state index in [1.165, 1.54) is 0 Å². The van der Waals surface area contributed by atoms with Gasteiger partial charge < -0.3 is 4.90 Å². The van der Waals surface area contributed by atoms with Crippen molar-refractivity contribution in [1.29, 1.82) is 5.26 Å². The van der Waals surface area contributed by atoms with Gasteiger partial charge in [0.25, 0.3) is 0 Å². The molecule has 1 amide bonds. The molecule has 1 atom stereocenters. The Bertz CT molecular complexity index is 716. The van der Waals surface area contributed by atoms with Gasteiger partial charge in [-0.05, 0) is 29.1 Å². The maximum atomic E-state index is 12.4. The summed E-state index contributed by atoms with van der Waals surface area (Å²) in [7, 11) is 0. The van der Waals surface area contributed by atoms with Crippen molar-refractivity contribution in [2.75, 3.05) is 26.2 Å². The number of hydrogen-bond acceptors (Lipinski definition) is 4. The fourth-order valence-corrected chi connectivity index (χ4v) is 3.82. The van der Waals surface area contributed by atoms with Crippen LogP contribution in [0.4, 0.5) is 0 Å². The van der Waals surface area contributed by atoms with E-state index in [2.05, 4.69) is 11.0 Å². The number of piperazine rings is 1. The lowest BCUT2D eigenvalue weighted by Gasteiger charge is -2.36. The summed E-state index contributed by atoms with van der Waals surface area (Å²) in [6.07, 6.45) is 0.393. The Balaban J connectivity index is 1.55. The highest BCUT2D eigenvalue weighted by molar-refractivity contribution is 7.10. The Kier molecular flexibility index (Phi) is 5.52. The minimum Gasteiger partial charge on any atom is -0.340 e. The minimum atomic E-state index is -0.210. The summed E-state index contributed by atoms with van der Waals surface area (Å²) in [5, 5.41) is 12.1. The van der Waals surface area contributed by atoms with Crippen molar-refractivity contribution in [3.8, 4) is 6.07 Å². The van der Waals surface area contributed by atoms with Gasteiger partial charge in [0, 0.05) is 36.1 Å². The second-order valence-electron chi connectivity index (χ2n) is 5.77. The first-order valence-corrected chi connectivity index (χ1v) is 9.12. The van der Waals surface area contributed by atoms with Gasteiger partial charge in [0.2, 0.25) is 5.91 Å². The molecule has 124 valence electrons. The molecule has 1 aliphatic rings. The highest BCUT2D eigenvalue weighted by Crippen LogP contribution is 2.25. The van der Waals surface area contributed by atoms with Crippen LogP contribution in [0.2, 0.25) is 5.02 Å². The highest BCUT2D eigenvalue weighted by Gasteiger charge is 2.27. The second-order valence-corrected chi connectivity index (χ2v) is 7.18. The summed E-state index contributed by atoms with van der Waals surface area (Å²) in [4.78, 5) is 17.5. The van der Waals surface area contributed by atoms with Crippen molar-refractivity contribution in [1.82, 2.24) is 9.80 Å². The minimum absolute atomic E-state index is 0.126. The zero-order valence-corrected chi connectivity index (χ0v) is 14.8. The van der Waals surface area contributed by atoms with Crippen LogP contribution < -0.4 is 0 Å². The summed E-state index contributed by atoms with van der Waals surface area (Å²) in [6.45, 7) is 2.77. The summed E-state index contributed by atoms with van der Waals surface area (Å²) < 4.78 is 0. The first-order chi connectivity index (χ1) is 11.7. The Morgan fingerprint density at radius 3 is 2.50 bits per heavy atom. The van der Waals surface area contributed by atoms with E-state index in [1.807, 2.05) is 34.5 Å². The zero-order valence-electron chi connectivity index (χ0n) is 13.2. The van der Waals surface area contributed by atoms with E-state index in [4.69, 9.17) is 11.6 Å². The molecule has 1 fully saturated rings. The monoisotopic (exact) mass is 359 g/mol. The van der Waals surface area contributed by atoms with E-state index in [1.54, 1.807) is 23.5 Å². The third-order valence-electron chi connectivity index (χ3n) is 4.24. The average molecular weight is 360 g/mol. The summed E-state index contributed by atoms with van der Waals surface area (Å²) in [5.74, 6) is 0.126. The Morgan fingerprint density at radius 1 is 1.21 bits per heavy atom. The molecule has 0 aliphatic carbocycles. The van der Waals surface area contributed by atoms with E-state index in [0.29, 0.717) is 24.5 Å². The number of halogens is 1. The van der Waals surface area contributed by atoms with Crippen LogP contribution in [0.5, 0.6) is 0 Å². The van der Waals surface area contributed by atoms with Crippen LogP contribution in [-0.4, -0.2) is 41.9 Å². The van der Waals surface area contributed by atoms with Gasteiger partial charge in [-0.25, -0.2) is 0 Å². The van der Waals surface area contributed by atoms with Crippen molar-refractivity contribution in [3.63, 3.8) is 0 Å². The lowest BCUT2D eigenvalue weighted by atomic mass is 10.1. The van der Waals surface area contributed by atoms with Crippen molar-refractivity contribution in [2.45, 2.75) is 12.5 Å². The topological polar surface area (TPSA) is 47.3 Å². The van der Waals surface area contributed by atoms with Gasteiger partial charge in [0.05, 0.1) is 12.5 Å². The molecule has 0 saturated carbocycles. The highest BCUT2D eigenvalue weighted by atomic mass is 35.5. The lowest BCUT2D eigenvalue weighted by Crippen LogP contribution is -2.49. The van der Waals surface area contributed by atoms with Crippen molar-refractivity contribution in [2.24, 2.45) is 0 Å². The van der Waals surface area contributed by atoms with E-state index in [-0.39, 0.29) is 11.9 Å². The largest absolute Gasteiger partial charge is 0.340 e. The standard InChI is InChI=1S/C18H18ClN3OS/c19-15-5-3-14(4-6-15)12-18(23)22-9-7-21(8-10-22)16(13-20)17-2-1-11-24-17/h1-6,11,16H,7-10,12H2. The number of thiophene rings is 1. The van der Waals surface area contributed by atoms with Crippen LogP contribution in [0.15, 0.2) is 41.8 Å². The Labute approximate surface area is 150 Å². The number of carbonyl (C=O) groups is 1. The summed E-state index contributed by atoms with van der Waals surface area (Å²) >= 11 is 7.48. The number of rotatable bonds is 4. The van der Waals surface area contributed by atoms with Gasteiger partial charge in [0.1, 0.15) is 6.04 Å². The predicted octanol–water partition coefficient (Wildman–Crippen LogP) is 3.35. The lowest BCUT2D eigenvalue weighted by molar-refractivity contribution is -0.132. The molecule has 4 nitrogen and oxygen atoms in total. The molecule has 1 aromatic heterocycles. The molecule has 2 heterocycles. The fraction of sp³-hybridized carbons (Fsp3) is 0.333. The molecule has 0 bridgehead atoms. The van der Waals surface area contributed by atoms with E-state index in [0.717, 1.165) is 23.5 Å². The third-order valence-corrected chi connectivity index (χ3v) is 5.41. The van der Waals surface area contributed by atoms with Gasteiger partial charge in [-0.2, -0.15) is 5.26 Å². The number of amides is 1. The van der Waals surface area contributed by atoms with Crippen LogP contribution in [0.25, 0.3) is 0 Å². The molecule has 2 aromatic rings. The number of hydrogen-bond donors (Lipinski definition) is 0. The van der Waals surface area contributed by atoms with Crippen LogP contribution in [0.3, 0.4) is 0 Å². The van der Waals surface area contributed by atoms with Crippen LogP contribution in [0.1, 0.15) is 16.5 Å².